The lowest BCUT2D eigenvalue weighted by Gasteiger charge is -2.07. The molecule has 106 valence electrons. The van der Waals surface area contributed by atoms with Crippen molar-refractivity contribution >= 4 is 17.3 Å². The normalized spacial score (nSPS) is 10.6. The van der Waals surface area contributed by atoms with Gasteiger partial charge in [0.1, 0.15) is 17.3 Å². The summed E-state index contributed by atoms with van der Waals surface area (Å²) < 4.78 is 16.5. The van der Waals surface area contributed by atoms with Crippen LogP contribution in [0.2, 0.25) is 0 Å². The van der Waals surface area contributed by atoms with Crippen LogP contribution in [-0.2, 0) is 0 Å². The number of methoxy groups -OCH3 is 2. The number of carbonyl (C=O) groups excluding carboxylic acids is 1. The van der Waals surface area contributed by atoms with Gasteiger partial charge in [0, 0.05) is 11.6 Å². The number of carbonyl (C=O) groups is 1. The Morgan fingerprint density at radius 1 is 1.00 bits per heavy atom. The predicted octanol–water partition coefficient (Wildman–Crippen LogP) is 3.93. The van der Waals surface area contributed by atoms with Gasteiger partial charge >= 0.3 is 0 Å². The second kappa shape index (κ2) is 5.32. The van der Waals surface area contributed by atoms with Gasteiger partial charge in [-0.25, -0.2) is 0 Å². The van der Waals surface area contributed by atoms with Gasteiger partial charge in [-0.1, -0.05) is 30.3 Å². The van der Waals surface area contributed by atoms with Crippen LogP contribution in [0, 0.1) is 0 Å². The van der Waals surface area contributed by atoms with Crippen LogP contribution in [0.4, 0.5) is 0 Å². The fourth-order valence-corrected chi connectivity index (χ4v) is 2.35. The molecule has 4 heteroatoms. The zero-order valence-corrected chi connectivity index (χ0v) is 11.8. The lowest BCUT2D eigenvalue weighted by Crippen LogP contribution is -1.93. The van der Waals surface area contributed by atoms with Crippen molar-refractivity contribution in [2.24, 2.45) is 0 Å². The fraction of sp³-hybridized carbons (Fsp3) is 0.118. The van der Waals surface area contributed by atoms with Gasteiger partial charge in [-0.2, -0.15) is 0 Å². The van der Waals surface area contributed by atoms with E-state index in [4.69, 9.17) is 13.9 Å². The Kier molecular flexibility index (Phi) is 3.36. The predicted molar refractivity (Wildman–Crippen MR) is 80.1 cm³/mol. The van der Waals surface area contributed by atoms with Crippen LogP contribution >= 0.6 is 0 Å². The lowest BCUT2D eigenvalue weighted by atomic mass is 10.1. The summed E-state index contributed by atoms with van der Waals surface area (Å²) in [6.45, 7) is 0. The van der Waals surface area contributed by atoms with E-state index in [1.165, 1.54) is 7.11 Å². The highest BCUT2D eigenvalue weighted by Gasteiger charge is 2.18. The molecule has 2 aromatic carbocycles. The Hall–Kier alpha value is -2.75. The zero-order valence-electron chi connectivity index (χ0n) is 11.8. The van der Waals surface area contributed by atoms with Gasteiger partial charge in [0.15, 0.2) is 11.9 Å². The highest BCUT2D eigenvalue weighted by Crippen LogP contribution is 2.39. The molecule has 0 amide bonds. The molecule has 1 aromatic heterocycles. The number of aldehydes is 1. The highest BCUT2D eigenvalue weighted by atomic mass is 16.5. The van der Waals surface area contributed by atoms with E-state index < -0.39 is 0 Å². The largest absolute Gasteiger partial charge is 0.496 e. The molecule has 4 nitrogen and oxygen atoms in total. The van der Waals surface area contributed by atoms with Crippen LogP contribution in [0.3, 0.4) is 0 Å². The molecule has 0 aliphatic carbocycles. The number of furan rings is 1. The molecule has 0 radical (unpaired) electrons. The standard InChI is InChI=1S/C17H14O4/c1-19-15-9-16(20-2)13(10-18)17-12(15)8-14(21-17)11-6-4-3-5-7-11/h3-10H,1-2H3. The van der Waals surface area contributed by atoms with E-state index in [2.05, 4.69) is 0 Å². The van der Waals surface area contributed by atoms with Gasteiger partial charge in [-0.15, -0.1) is 0 Å². The number of fused-ring (bicyclic) bond motifs is 1. The summed E-state index contributed by atoms with van der Waals surface area (Å²) in [6.07, 6.45) is 0.735. The summed E-state index contributed by atoms with van der Waals surface area (Å²) >= 11 is 0. The molecule has 0 unspecified atom stereocenters. The smallest absolute Gasteiger partial charge is 0.157 e. The van der Waals surface area contributed by atoms with Gasteiger partial charge in [-0.3, -0.25) is 4.79 Å². The second-order valence-electron chi connectivity index (χ2n) is 4.53. The second-order valence-corrected chi connectivity index (χ2v) is 4.53. The van der Waals surface area contributed by atoms with Crippen LogP contribution in [-0.4, -0.2) is 20.5 Å². The van der Waals surface area contributed by atoms with Crippen molar-refractivity contribution in [2.75, 3.05) is 14.2 Å². The van der Waals surface area contributed by atoms with E-state index in [9.17, 15) is 4.79 Å². The highest BCUT2D eigenvalue weighted by molar-refractivity contribution is 6.02. The average molecular weight is 282 g/mol. The van der Waals surface area contributed by atoms with Gasteiger partial charge in [0.25, 0.3) is 0 Å². The molecule has 1 heterocycles. The first-order valence-electron chi connectivity index (χ1n) is 6.47. The van der Waals surface area contributed by atoms with Gasteiger partial charge in [-0.05, 0) is 6.07 Å². The van der Waals surface area contributed by atoms with E-state index in [0.717, 1.165) is 17.2 Å². The van der Waals surface area contributed by atoms with Crippen molar-refractivity contribution in [3.8, 4) is 22.8 Å². The number of hydrogen-bond acceptors (Lipinski definition) is 4. The Morgan fingerprint density at radius 2 is 1.71 bits per heavy atom. The minimum Gasteiger partial charge on any atom is -0.496 e. The third-order valence-electron chi connectivity index (χ3n) is 3.39. The topological polar surface area (TPSA) is 48.7 Å². The first-order valence-corrected chi connectivity index (χ1v) is 6.47. The van der Waals surface area contributed by atoms with Crippen molar-refractivity contribution in [1.29, 1.82) is 0 Å². The molecule has 3 aromatic rings. The number of benzene rings is 2. The Bertz CT molecular complexity index is 787. The summed E-state index contributed by atoms with van der Waals surface area (Å²) in [6, 6.07) is 13.3. The van der Waals surface area contributed by atoms with Gasteiger partial charge in [0.2, 0.25) is 0 Å². The SMILES string of the molecule is COc1cc(OC)c2cc(-c3ccccc3)oc2c1C=O. The van der Waals surface area contributed by atoms with Crippen molar-refractivity contribution < 1.29 is 18.7 Å². The molecular formula is C17H14O4. The van der Waals surface area contributed by atoms with Crippen molar-refractivity contribution in [3.63, 3.8) is 0 Å². The van der Waals surface area contributed by atoms with Crippen molar-refractivity contribution in [2.45, 2.75) is 0 Å². The van der Waals surface area contributed by atoms with E-state index in [1.54, 1.807) is 13.2 Å². The molecule has 0 atom stereocenters. The van der Waals surface area contributed by atoms with Gasteiger partial charge in [0.05, 0.1) is 25.2 Å². The van der Waals surface area contributed by atoms with E-state index in [1.807, 2.05) is 36.4 Å². The lowest BCUT2D eigenvalue weighted by molar-refractivity contribution is 0.112. The number of rotatable bonds is 4. The van der Waals surface area contributed by atoms with Crippen LogP contribution in [0.25, 0.3) is 22.3 Å². The monoisotopic (exact) mass is 282 g/mol. The minimum absolute atomic E-state index is 0.385. The van der Waals surface area contributed by atoms with Crippen molar-refractivity contribution in [1.82, 2.24) is 0 Å². The van der Waals surface area contributed by atoms with Crippen LogP contribution in [0.15, 0.2) is 46.9 Å². The molecule has 0 bridgehead atoms. The van der Waals surface area contributed by atoms with E-state index in [0.29, 0.717) is 28.4 Å². The molecule has 0 aliphatic rings. The molecule has 0 saturated heterocycles. The molecule has 0 saturated carbocycles. The van der Waals surface area contributed by atoms with Crippen LogP contribution in [0.1, 0.15) is 10.4 Å². The average Bonchev–Trinajstić information content (AvgIpc) is 2.99. The molecular weight excluding hydrogens is 268 g/mol. The summed E-state index contributed by atoms with van der Waals surface area (Å²) in [4.78, 5) is 11.4. The minimum atomic E-state index is 0.385. The third-order valence-corrected chi connectivity index (χ3v) is 3.39. The fourth-order valence-electron chi connectivity index (χ4n) is 2.35. The molecule has 21 heavy (non-hydrogen) atoms. The maximum Gasteiger partial charge on any atom is 0.157 e. The van der Waals surface area contributed by atoms with E-state index >= 15 is 0 Å². The zero-order chi connectivity index (χ0) is 14.8. The molecule has 0 spiro atoms. The third kappa shape index (κ3) is 2.14. The Morgan fingerprint density at radius 3 is 2.33 bits per heavy atom. The number of hydrogen-bond donors (Lipinski definition) is 0. The Balaban J connectivity index is 2.31. The van der Waals surface area contributed by atoms with Crippen LogP contribution in [0.5, 0.6) is 11.5 Å². The molecule has 0 aliphatic heterocycles. The number of ether oxygens (including phenoxy) is 2. The van der Waals surface area contributed by atoms with Gasteiger partial charge < -0.3 is 13.9 Å². The maximum absolute atomic E-state index is 11.4. The summed E-state index contributed by atoms with van der Waals surface area (Å²) in [5.74, 6) is 1.72. The quantitative estimate of drug-likeness (QED) is 0.680. The van der Waals surface area contributed by atoms with Crippen LogP contribution < -0.4 is 9.47 Å². The first kappa shape index (κ1) is 13.2. The molecule has 0 fully saturated rings. The van der Waals surface area contributed by atoms with Crippen molar-refractivity contribution in [3.05, 3.63) is 48.0 Å². The maximum atomic E-state index is 11.4. The summed E-state index contributed by atoms with van der Waals surface area (Å²) in [5.41, 5.74) is 1.79. The molecule has 0 N–H and O–H groups in total. The summed E-state index contributed by atoms with van der Waals surface area (Å²) in [5, 5.41) is 0.749. The molecule has 3 rings (SSSR count). The first-order chi connectivity index (χ1) is 10.3. The summed E-state index contributed by atoms with van der Waals surface area (Å²) in [7, 11) is 3.08. The van der Waals surface area contributed by atoms with E-state index in [-0.39, 0.29) is 0 Å². The Labute approximate surface area is 121 Å².